The molecule has 0 radical (unpaired) electrons. The van der Waals surface area contributed by atoms with Crippen molar-refractivity contribution >= 4 is 5.78 Å². The number of halogens is 1. The Kier molecular flexibility index (Phi) is 3.97. The largest absolute Gasteiger partial charge is 0.319 e. The molecule has 1 aromatic carbocycles. The van der Waals surface area contributed by atoms with Crippen molar-refractivity contribution in [2.45, 2.75) is 20.3 Å². The minimum absolute atomic E-state index is 0.139. The molecule has 1 rings (SSSR count). The zero-order chi connectivity index (χ0) is 11.4. The minimum atomic E-state index is -0.409. The molecule has 82 valence electrons. The smallest absolute Gasteiger partial charge is 0.167 e. The van der Waals surface area contributed by atoms with Gasteiger partial charge in [0.25, 0.3) is 0 Å². The van der Waals surface area contributed by atoms with E-state index in [4.69, 9.17) is 0 Å². The summed E-state index contributed by atoms with van der Waals surface area (Å²) in [7, 11) is 1.77. The van der Waals surface area contributed by atoms with Crippen LogP contribution in [0.5, 0.6) is 0 Å². The van der Waals surface area contributed by atoms with Gasteiger partial charge in [-0.1, -0.05) is 6.07 Å². The number of nitrogens with one attached hydrogen (secondary N) is 1. The van der Waals surface area contributed by atoms with Crippen LogP contribution in [-0.2, 0) is 0 Å². The molecule has 0 atom stereocenters. The molecule has 0 saturated carbocycles. The van der Waals surface area contributed by atoms with Gasteiger partial charge in [0, 0.05) is 13.0 Å². The second-order valence-electron chi connectivity index (χ2n) is 3.72. The summed E-state index contributed by atoms with van der Waals surface area (Å²) < 4.78 is 13.5. The Hall–Kier alpha value is -1.22. The van der Waals surface area contributed by atoms with Crippen molar-refractivity contribution in [3.8, 4) is 0 Å². The molecule has 0 bridgehead atoms. The summed E-state index contributed by atoms with van der Waals surface area (Å²) >= 11 is 0. The van der Waals surface area contributed by atoms with Crippen molar-refractivity contribution in [2.24, 2.45) is 0 Å². The highest BCUT2D eigenvalue weighted by Crippen LogP contribution is 2.17. The van der Waals surface area contributed by atoms with E-state index in [1.54, 1.807) is 14.0 Å². The van der Waals surface area contributed by atoms with Crippen LogP contribution in [-0.4, -0.2) is 19.4 Å². The highest BCUT2D eigenvalue weighted by atomic mass is 19.1. The quantitative estimate of drug-likeness (QED) is 0.770. The van der Waals surface area contributed by atoms with Gasteiger partial charge >= 0.3 is 0 Å². The third kappa shape index (κ3) is 2.86. The molecule has 15 heavy (non-hydrogen) atoms. The van der Waals surface area contributed by atoms with Crippen LogP contribution in [0.25, 0.3) is 0 Å². The fraction of sp³-hybridized carbons (Fsp3) is 0.417. The Morgan fingerprint density at radius 3 is 2.60 bits per heavy atom. The topological polar surface area (TPSA) is 29.1 Å². The lowest BCUT2D eigenvalue weighted by atomic mass is 10.00. The molecule has 0 aliphatic rings. The number of aryl methyl sites for hydroxylation is 2. The number of carbonyl (C=O) groups is 1. The van der Waals surface area contributed by atoms with E-state index >= 15 is 0 Å². The van der Waals surface area contributed by atoms with Crippen LogP contribution < -0.4 is 5.32 Å². The van der Waals surface area contributed by atoms with Crippen molar-refractivity contribution in [3.05, 3.63) is 34.6 Å². The Labute approximate surface area is 89.5 Å². The molecule has 1 aromatic rings. The zero-order valence-corrected chi connectivity index (χ0v) is 9.36. The third-order valence-corrected chi connectivity index (χ3v) is 2.31. The molecule has 2 nitrogen and oxygen atoms in total. The Balaban J connectivity index is 2.98. The molecule has 0 aliphatic carbocycles. The first kappa shape index (κ1) is 11.9. The van der Waals surface area contributed by atoms with Gasteiger partial charge in [-0.3, -0.25) is 4.79 Å². The average Bonchev–Trinajstić information content (AvgIpc) is 2.12. The number of carbonyl (C=O) groups excluding carboxylic acids is 1. The maximum atomic E-state index is 13.5. The third-order valence-electron chi connectivity index (χ3n) is 2.31. The van der Waals surface area contributed by atoms with E-state index in [2.05, 4.69) is 5.32 Å². The van der Waals surface area contributed by atoms with Crippen molar-refractivity contribution in [2.75, 3.05) is 13.6 Å². The van der Waals surface area contributed by atoms with Crippen LogP contribution >= 0.6 is 0 Å². The molecule has 0 spiro atoms. The summed E-state index contributed by atoms with van der Waals surface area (Å²) in [6.45, 7) is 4.16. The van der Waals surface area contributed by atoms with Crippen molar-refractivity contribution in [1.29, 1.82) is 0 Å². The maximum Gasteiger partial charge on any atom is 0.167 e. The van der Waals surface area contributed by atoms with Gasteiger partial charge in [0.1, 0.15) is 5.82 Å². The van der Waals surface area contributed by atoms with Crippen LogP contribution in [0.2, 0.25) is 0 Å². The standard InChI is InChI=1S/C12H16FNO/c1-8-6-9(2)12(10(13)7-8)11(15)4-5-14-3/h6-7,14H,4-5H2,1-3H3. The Bertz CT molecular complexity index is 351. The first-order chi connectivity index (χ1) is 7.06. The number of ketones is 1. The van der Waals surface area contributed by atoms with Gasteiger partial charge < -0.3 is 5.32 Å². The maximum absolute atomic E-state index is 13.5. The lowest BCUT2D eigenvalue weighted by Gasteiger charge is -2.07. The summed E-state index contributed by atoms with van der Waals surface area (Å²) in [6.07, 6.45) is 0.331. The highest BCUT2D eigenvalue weighted by molar-refractivity contribution is 5.97. The molecule has 0 fully saturated rings. The second-order valence-corrected chi connectivity index (χ2v) is 3.72. The second kappa shape index (κ2) is 5.03. The molecular weight excluding hydrogens is 193 g/mol. The number of benzene rings is 1. The van der Waals surface area contributed by atoms with E-state index in [1.807, 2.05) is 13.0 Å². The van der Waals surface area contributed by atoms with Gasteiger partial charge in [0.15, 0.2) is 5.78 Å². The summed E-state index contributed by atoms with van der Waals surface area (Å²) in [6, 6.07) is 3.23. The van der Waals surface area contributed by atoms with E-state index in [9.17, 15) is 9.18 Å². The van der Waals surface area contributed by atoms with E-state index in [-0.39, 0.29) is 11.3 Å². The molecule has 0 saturated heterocycles. The fourth-order valence-electron chi connectivity index (χ4n) is 1.63. The zero-order valence-electron chi connectivity index (χ0n) is 9.36. The van der Waals surface area contributed by atoms with Gasteiger partial charge in [-0.15, -0.1) is 0 Å². The van der Waals surface area contributed by atoms with Crippen LogP contribution in [0, 0.1) is 19.7 Å². The highest BCUT2D eigenvalue weighted by Gasteiger charge is 2.14. The predicted octanol–water partition coefficient (Wildman–Crippen LogP) is 2.23. The van der Waals surface area contributed by atoms with E-state index in [1.165, 1.54) is 6.07 Å². The molecular formula is C12H16FNO. The van der Waals surface area contributed by atoms with Gasteiger partial charge in [-0.05, 0) is 38.1 Å². The summed E-state index contributed by atoms with van der Waals surface area (Å²) in [5.41, 5.74) is 1.79. The Morgan fingerprint density at radius 1 is 1.40 bits per heavy atom. The molecule has 0 aliphatic heterocycles. The first-order valence-corrected chi connectivity index (χ1v) is 5.00. The predicted molar refractivity (Wildman–Crippen MR) is 58.7 cm³/mol. The summed E-state index contributed by atoms with van der Waals surface area (Å²) in [5, 5.41) is 2.88. The van der Waals surface area contributed by atoms with Gasteiger partial charge in [-0.2, -0.15) is 0 Å². The number of hydrogen-bond donors (Lipinski definition) is 1. The first-order valence-electron chi connectivity index (χ1n) is 5.00. The van der Waals surface area contributed by atoms with Crippen LogP contribution in [0.1, 0.15) is 27.9 Å². The van der Waals surface area contributed by atoms with E-state index < -0.39 is 5.82 Å². The van der Waals surface area contributed by atoms with Crippen molar-refractivity contribution in [1.82, 2.24) is 5.32 Å². The lowest BCUT2D eigenvalue weighted by molar-refractivity contribution is 0.0978. The molecule has 0 aromatic heterocycles. The fourth-order valence-corrected chi connectivity index (χ4v) is 1.63. The molecule has 0 unspecified atom stereocenters. The van der Waals surface area contributed by atoms with Gasteiger partial charge in [0.05, 0.1) is 5.56 Å². The van der Waals surface area contributed by atoms with Crippen molar-refractivity contribution < 1.29 is 9.18 Å². The monoisotopic (exact) mass is 209 g/mol. The molecule has 0 amide bonds. The van der Waals surface area contributed by atoms with Gasteiger partial charge in [0.2, 0.25) is 0 Å². The van der Waals surface area contributed by atoms with Gasteiger partial charge in [-0.25, -0.2) is 4.39 Å². The Morgan fingerprint density at radius 2 is 2.07 bits per heavy atom. The van der Waals surface area contributed by atoms with Crippen LogP contribution in [0.15, 0.2) is 12.1 Å². The summed E-state index contributed by atoms with van der Waals surface area (Å²) in [4.78, 5) is 11.7. The van der Waals surface area contributed by atoms with E-state index in [0.717, 1.165) is 5.56 Å². The molecule has 3 heteroatoms. The molecule has 1 N–H and O–H groups in total. The number of hydrogen-bond acceptors (Lipinski definition) is 2. The number of rotatable bonds is 4. The molecule has 0 heterocycles. The average molecular weight is 209 g/mol. The minimum Gasteiger partial charge on any atom is -0.319 e. The van der Waals surface area contributed by atoms with Crippen LogP contribution in [0.3, 0.4) is 0 Å². The number of Topliss-reactive ketones (excluding diaryl/α,β-unsaturated/α-hetero) is 1. The van der Waals surface area contributed by atoms with Crippen molar-refractivity contribution in [3.63, 3.8) is 0 Å². The van der Waals surface area contributed by atoms with Crippen LogP contribution in [0.4, 0.5) is 4.39 Å². The summed E-state index contributed by atoms with van der Waals surface area (Å²) in [5.74, 6) is -0.548. The van der Waals surface area contributed by atoms with E-state index in [0.29, 0.717) is 18.5 Å². The lowest BCUT2D eigenvalue weighted by Crippen LogP contribution is -2.15. The SMILES string of the molecule is CNCCC(=O)c1c(C)cc(C)cc1F. The normalized spacial score (nSPS) is 10.4.